The van der Waals surface area contributed by atoms with Crippen molar-refractivity contribution < 1.29 is 9.53 Å². The third-order valence-electron chi connectivity index (χ3n) is 4.28. The Balaban J connectivity index is 2.21. The first kappa shape index (κ1) is 15.4. The number of hydrogen-bond acceptors (Lipinski definition) is 3. The second-order valence-electron chi connectivity index (χ2n) is 5.66. The number of benzene rings is 1. The first-order valence-corrected chi connectivity index (χ1v) is 7.98. The zero-order chi connectivity index (χ0) is 14.6. The summed E-state index contributed by atoms with van der Waals surface area (Å²) in [5, 5.41) is 3.41. The summed E-state index contributed by atoms with van der Waals surface area (Å²) >= 11 is 3.42. The van der Waals surface area contributed by atoms with Crippen molar-refractivity contribution in [1.82, 2.24) is 0 Å². The number of rotatable bonds is 4. The van der Waals surface area contributed by atoms with Gasteiger partial charge in [-0.1, -0.05) is 35.2 Å². The van der Waals surface area contributed by atoms with Crippen LogP contribution in [0, 0.1) is 5.92 Å². The van der Waals surface area contributed by atoms with E-state index >= 15 is 0 Å². The lowest BCUT2D eigenvalue weighted by atomic mass is 9.75. The molecule has 0 aliphatic heterocycles. The van der Waals surface area contributed by atoms with E-state index in [0.29, 0.717) is 5.92 Å². The zero-order valence-electron chi connectivity index (χ0n) is 12.1. The molecule has 0 bridgehead atoms. The molecule has 1 aliphatic carbocycles. The largest absolute Gasteiger partial charge is 0.467 e. The van der Waals surface area contributed by atoms with E-state index in [1.165, 1.54) is 26.4 Å². The van der Waals surface area contributed by atoms with Gasteiger partial charge < -0.3 is 10.1 Å². The minimum atomic E-state index is -0.650. The standard InChI is InChI=1S/C16H22BrNO2/c1-16(15(19)20-2,12-6-4-3-5-7-12)18-14-10-8-13(17)9-11-14/h8-12,18H,3-7H2,1-2H3. The molecular weight excluding hydrogens is 318 g/mol. The summed E-state index contributed by atoms with van der Waals surface area (Å²) in [6.07, 6.45) is 5.81. The molecule has 0 spiro atoms. The van der Waals surface area contributed by atoms with Crippen molar-refractivity contribution in [2.45, 2.75) is 44.6 Å². The number of anilines is 1. The van der Waals surface area contributed by atoms with Gasteiger partial charge >= 0.3 is 5.97 Å². The van der Waals surface area contributed by atoms with Crippen LogP contribution in [0.25, 0.3) is 0 Å². The maximum Gasteiger partial charge on any atom is 0.331 e. The van der Waals surface area contributed by atoms with E-state index in [0.717, 1.165) is 23.0 Å². The molecule has 1 aromatic rings. The number of halogens is 1. The van der Waals surface area contributed by atoms with Crippen molar-refractivity contribution in [1.29, 1.82) is 0 Å². The fourth-order valence-corrected chi connectivity index (χ4v) is 3.31. The highest BCUT2D eigenvalue weighted by Crippen LogP contribution is 2.36. The Kier molecular flexibility index (Phi) is 5.08. The third kappa shape index (κ3) is 3.35. The summed E-state index contributed by atoms with van der Waals surface area (Å²) in [7, 11) is 1.46. The predicted molar refractivity (Wildman–Crippen MR) is 84.8 cm³/mol. The fraction of sp³-hybridized carbons (Fsp3) is 0.562. The molecule has 1 aliphatic rings. The summed E-state index contributed by atoms with van der Waals surface area (Å²) in [6, 6.07) is 7.91. The van der Waals surface area contributed by atoms with Crippen LogP contribution in [0.3, 0.4) is 0 Å². The minimum absolute atomic E-state index is 0.174. The van der Waals surface area contributed by atoms with Crippen molar-refractivity contribution >= 4 is 27.6 Å². The number of hydrogen-bond donors (Lipinski definition) is 1. The van der Waals surface area contributed by atoms with Crippen LogP contribution in [0.5, 0.6) is 0 Å². The molecule has 110 valence electrons. The Morgan fingerprint density at radius 1 is 1.25 bits per heavy atom. The minimum Gasteiger partial charge on any atom is -0.467 e. The number of ether oxygens (including phenoxy) is 1. The molecule has 1 fully saturated rings. The third-order valence-corrected chi connectivity index (χ3v) is 4.81. The molecule has 0 amide bonds. The van der Waals surface area contributed by atoms with E-state index in [9.17, 15) is 4.79 Å². The Bertz CT molecular complexity index is 454. The number of carbonyl (C=O) groups excluding carboxylic acids is 1. The smallest absolute Gasteiger partial charge is 0.331 e. The highest BCUT2D eigenvalue weighted by Gasteiger charge is 2.42. The molecule has 1 atom stereocenters. The van der Waals surface area contributed by atoms with Gasteiger partial charge in [-0.25, -0.2) is 4.79 Å². The lowest BCUT2D eigenvalue weighted by Crippen LogP contribution is -2.51. The van der Waals surface area contributed by atoms with Gasteiger partial charge in [0.25, 0.3) is 0 Å². The Hall–Kier alpha value is -1.03. The maximum absolute atomic E-state index is 12.3. The fourth-order valence-electron chi connectivity index (χ4n) is 3.04. The molecule has 20 heavy (non-hydrogen) atoms. The number of esters is 1. The summed E-state index contributed by atoms with van der Waals surface area (Å²) < 4.78 is 6.08. The van der Waals surface area contributed by atoms with Gasteiger partial charge in [0.1, 0.15) is 5.54 Å². The van der Waals surface area contributed by atoms with Crippen LogP contribution in [-0.4, -0.2) is 18.6 Å². The van der Waals surface area contributed by atoms with Gasteiger partial charge in [0, 0.05) is 10.2 Å². The zero-order valence-corrected chi connectivity index (χ0v) is 13.7. The van der Waals surface area contributed by atoms with Gasteiger partial charge in [-0.05, 0) is 49.9 Å². The van der Waals surface area contributed by atoms with E-state index in [4.69, 9.17) is 4.74 Å². The number of methoxy groups -OCH3 is 1. The Labute approximate surface area is 129 Å². The van der Waals surface area contributed by atoms with Crippen molar-refractivity contribution in [3.8, 4) is 0 Å². The Morgan fingerprint density at radius 3 is 2.40 bits per heavy atom. The van der Waals surface area contributed by atoms with Crippen LogP contribution in [0.2, 0.25) is 0 Å². The van der Waals surface area contributed by atoms with Gasteiger partial charge in [-0.15, -0.1) is 0 Å². The van der Waals surface area contributed by atoms with E-state index in [2.05, 4.69) is 21.2 Å². The van der Waals surface area contributed by atoms with Gasteiger partial charge in [0.05, 0.1) is 7.11 Å². The summed E-state index contributed by atoms with van der Waals surface area (Å²) in [5.74, 6) is 0.152. The van der Waals surface area contributed by atoms with Gasteiger partial charge in [-0.2, -0.15) is 0 Å². The van der Waals surface area contributed by atoms with E-state index in [-0.39, 0.29) is 5.97 Å². The summed E-state index contributed by atoms with van der Waals surface area (Å²) in [5.41, 5.74) is 0.301. The van der Waals surface area contributed by atoms with E-state index < -0.39 is 5.54 Å². The molecule has 0 heterocycles. The monoisotopic (exact) mass is 339 g/mol. The van der Waals surface area contributed by atoms with Crippen molar-refractivity contribution in [3.05, 3.63) is 28.7 Å². The molecule has 1 saturated carbocycles. The van der Waals surface area contributed by atoms with Crippen LogP contribution in [0.4, 0.5) is 5.69 Å². The molecule has 3 nitrogen and oxygen atoms in total. The van der Waals surface area contributed by atoms with Crippen LogP contribution in [-0.2, 0) is 9.53 Å². The average Bonchev–Trinajstić information content (AvgIpc) is 2.49. The van der Waals surface area contributed by atoms with Gasteiger partial charge in [0.15, 0.2) is 0 Å². The van der Waals surface area contributed by atoms with Gasteiger partial charge in [0.2, 0.25) is 0 Å². The van der Waals surface area contributed by atoms with E-state index in [1.807, 2.05) is 31.2 Å². The molecule has 1 aromatic carbocycles. The highest BCUT2D eigenvalue weighted by molar-refractivity contribution is 9.10. The normalized spacial score (nSPS) is 19.1. The highest BCUT2D eigenvalue weighted by atomic mass is 79.9. The van der Waals surface area contributed by atoms with Crippen molar-refractivity contribution in [2.24, 2.45) is 5.92 Å². The summed E-state index contributed by atoms with van der Waals surface area (Å²) in [4.78, 5) is 12.3. The van der Waals surface area contributed by atoms with Crippen LogP contribution in [0.1, 0.15) is 39.0 Å². The lowest BCUT2D eigenvalue weighted by Gasteiger charge is -2.38. The molecule has 1 N–H and O–H groups in total. The van der Waals surface area contributed by atoms with Gasteiger partial charge in [-0.3, -0.25) is 0 Å². The molecule has 1 unspecified atom stereocenters. The van der Waals surface area contributed by atoms with Crippen molar-refractivity contribution in [2.75, 3.05) is 12.4 Å². The van der Waals surface area contributed by atoms with Crippen molar-refractivity contribution in [3.63, 3.8) is 0 Å². The number of carbonyl (C=O) groups is 1. The second kappa shape index (κ2) is 6.61. The SMILES string of the molecule is COC(=O)C(C)(Nc1ccc(Br)cc1)C1CCCCC1. The lowest BCUT2D eigenvalue weighted by molar-refractivity contribution is -0.147. The van der Waals surface area contributed by atoms with Crippen LogP contribution < -0.4 is 5.32 Å². The molecule has 0 aromatic heterocycles. The predicted octanol–water partition coefficient (Wildman–Crippen LogP) is 4.37. The number of nitrogens with one attached hydrogen (secondary N) is 1. The quantitative estimate of drug-likeness (QED) is 0.827. The topological polar surface area (TPSA) is 38.3 Å². The molecular formula is C16H22BrNO2. The van der Waals surface area contributed by atoms with E-state index in [1.54, 1.807) is 0 Å². The molecule has 0 radical (unpaired) electrons. The van der Waals surface area contributed by atoms with Crippen LogP contribution in [0.15, 0.2) is 28.7 Å². The van der Waals surface area contributed by atoms with Crippen LogP contribution >= 0.6 is 15.9 Å². The molecule has 2 rings (SSSR count). The average molecular weight is 340 g/mol. The Morgan fingerprint density at radius 2 is 1.85 bits per heavy atom. The molecule has 4 heteroatoms. The maximum atomic E-state index is 12.3. The first-order chi connectivity index (χ1) is 9.56. The second-order valence-corrected chi connectivity index (χ2v) is 6.58. The molecule has 0 saturated heterocycles. The summed E-state index contributed by atoms with van der Waals surface area (Å²) in [6.45, 7) is 1.97. The first-order valence-electron chi connectivity index (χ1n) is 7.18.